The van der Waals surface area contributed by atoms with Crippen LogP contribution in [-0.2, 0) is 0 Å². The van der Waals surface area contributed by atoms with E-state index in [9.17, 15) is 8.78 Å². The summed E-state index contributed by atoms with van der Waals surface area (Å²) in [5.74, 6) is -1.49. The summed E-state index contributed by atoms with van der Waals surface area (Å²) < 4.78 is 31.0. The molecule has 3 nitrogen and oxygen atoms in total. The van der Waals surface area contributed by atoms with Crippen LogP contribution in [0.2, 0.25) is 5.02 Å². The number of rotatable bonds is 1. The minimum atomic E-state index is -0.728. The van der Waals surface area contributed by atoms with E-state index in [1.807, 2.05) is 0 Å². The summed E-state index contributed by atoms with van der Waals surface area (Å²) in [5.41, 5.74) is 5.54. The Hall–Kier alpha value is -1.62. The zero-order valence-corrected chi connectivity index (χ0v) is 8.05. The van der Waals surface area contributed by atoms with Crippen LogP contribution < -0.4 is 5.73 Å². The van der Waals surface area contributed by atoms with Crippen molar-refractivity contribution in [2.75, 3.05) is 5.73 Å². The maximum Gasteiger partial charge on any atom is 0.230 e. The maximum atomic E-state index is 13.4. The molecule has 2 N–H and O–H groups in total. The van der Waals surface area contributed by atoms with E-state index in [-0.39, 0.29) is 22.0 Å². The van der Waals surface area contributed by atoms with Crippen molar-refractivity contribution in [1.82, 2.24) is 5.16 Å². The molecule has 1 aromatic carbocycles. The summed E-state index contributed by atoms with van der Waals surface area (Å²) in [6, 6.07) is 1.82. The topological polar surface area (TPSA) is 52.0 Å². The van der Waals surface area contributed by atoms with Crippen LogP contribution >= 0.6 is 11.6 Å². The third-order valence-corrected chi connectivity index (χ3v) is 2.19. The molecule has 0 fully saturated rings. The Labute approximate surface area is 88.4 Å². The summed E-state index contributed by atoms with van der Waals surface area (Å²) in [6.45, 7) is 0. The van der Waals surface area contributed by atoms with Gasteiger partial charge in [0, 0.05) is 5.56 Å². The molecule has 15 heavy (non-hydrogen) atoms. The lowest BCUT2D eigenvalue weighted by atomic mass is 10.1. The summed E-state index contributed by atoms with van der Waals surface area (Å²) in [5, 5.41) is 3.08. The number of nitrogens with zero attached hydrogens (tertiary/aromatic N) is 1. The van der Waals surface area contributed by atoms with Crippen LogP contribution in [0.1, 0.15) is 0 Å². The molecule has 0 saturated carbocycles. The number of hydrogen-bond donors (Lipinski definition) is 1. The van der Waals surface area contributed by atoms with Gasteiger partial charge in [-0.05, 0) is 12.1 Å². The van der Waals surface area contributed by atoms with Crippen LogP contribution in [0.4, 0.5) is 14.7 Å². The van der Waals surface area contributed by atoms with Crippen LogP contribution in [0.15, 0.2) is 22.9 Å². The molecule has 0 aliphatic rings. The molecule has 0 unspecified atom stereocenters. The molecule has 0 saturated heterocycles. The van der Waals surface area contributed by atoms with Gasteiger partial charge in [0.2, 0.25) is 5.88 Å². The van der Waals surface area contributed by atoms with Crippen LogP contribution in [0.3, 0.4) is 0 Å². The lowest BCUT2D eigenvalue weighted by Gasteiger charge is -2.02. The van der Waals surface area contributed by atoms with Crippen LogP contribution in [-0.4, -0.2) is 5.16 Å². The molecule has 0 spiro atoms. The van der Waals surface area contributed by atoms with E-state index in [0.29, 0.717) is 0 Å². The van der Waals surface area contributed by atoms with Crippen molar-refractivity contribution in [2.24, 2.45) is 0 Å². The highest BCUT2D eigenvalue weighted by Crippen LogP contribution is 2.30. The van der Waals surface area contributed by atoms with Crippen LogP contribution in [0.25, 0.3) is 11.1 Å². The molecule has 0 aliphatic carbocycles. The third-order valence-electron chi connectivity index (χ3n) is 1.90. The van der Waals surface area contributed by atoms with E-state index in [2.05, 4.69) is 9.68 Å². The average Bonchev–Trinajstić information content (AvgIpc) is 2.58. The highest BCUT2D eigenvalue weighted by atomic mass is 35.5. The van der Waals surface area contributed by atoms with Crippen LogP contribution in [0, 0.1) is 11.6 Å². The normalized spacial score (nSPS) is 10.6. The maximum absolute atomic E-state index is 13.4. The van der Waals surface area contributed by atoms with Crippen molar-refractivity contribution >= 4 is 17.5 Å². The Balaban J connectivity index is 2.64. The number of aromatic nitrogens is 1. The molecule has 2 rings (SSSR count). The summed E-state index contributed by atoms with van der Waals surface area (Å²) in [4.78, 5) is 0. The predicted octanol–water partition coefficient (Wildman–Crippen LogP) is 2.86. The summed E-state index contributed by atoms with van der Waals surface area (Å²) in [6.07, 6.45) is 1.21. The van der Waals surface area contributed by atoms with Gasteiger partial charge in [0.25, 0.3) is 0 Å². The number of halogens is 3. The first-order chi connectivity index (χ1) is 7.09. The highest BCUT2D eigenvalue weighted by molar-refractivity contribution is 6.30. The van der Waals surface area contributed by atoms with Gasteiger partial charge in [0.05, 0.1) is 16.8 Å². The molecule has 1 aromatic heterocycles. The van der Waals surface area contributed by atoms with Gasteiger partial charge in [-0.25, -0.2) is 8.78 Å². The van der Waals surface area contributed by atoms with Crippen molar-refractivity contribution in [3.05, 3.63) is 35.0 Å². The Morgan fingerprint density at radius 1 is 1.20 bits per heavy atom. The fraction of sp³-hybridized carbons (Fsp3) is 0. The fourth-order valence-electron chi connectivity index (χ4n) is 1.18. The van der Waals surface area contributed by atoms with Gasteiger partial charge in [0.1, 0.15) is 11.6 Å². The Morgan fingerprint density at radius 2 is 1.93 bits per heavy atom. The van der Waals surface area contributed by atoms with E-state index in [1.165, 1.54) is 6.20 Å². The first kappa shape index (κ1) is 9.92. The molecule has 78 valence electrons. The van der Waals surface area contributed by atoms with Crippen molar-refractivity contribution in [2.45, 2.75) is 0 Å². The van der Waals surface area contributed by atoms with Gasteiger partial charge in [-0.15, -0.1) is 0 Å². The SMILES string of the molecule is Nc1oncc1-c1cc(F)c(Cl)cc1F. The van der Waals surface area contributed by atoms with E-state index >= 15 is 0 Å². The molecular weight excluding hydrogens is 226 g/mol. The van der Waals surface area contributed by atoms with Crippen molar-refractivity contribution in [1.29, 1.82) is 0 Å². The van der Waals surface area contributed by atoms with Gasteiger partial charge in [-0.1, -0.05) is 16.8 Å². The number of anilines is 1. The van der Waals surface area contributed by atoms with Crippen molar-refractivity contribution < 1.29 is 13.3 Å². The fourth-order valence-corrected chi connectivity index (χ4v) is 1.33. The van der Waals surface area contributed by atoms with Gasteiger partial charge in [0.15, 0.2) is 0 Å². The molecule has 0 radical (unpaired) electrons. The average molecular weight is 231 g/mol. The smallest absolute Gasteiger partial charge is 0.230 e. The molecular formula is C9H5ClF2N2O. The van der Waals surface area contributed by atoms with Gasteiger partial charge in [-0.2, -0.15) is 0 Å². The molecule has 0 amide bonds. The van der Waals surface area contributed by atoms with E-state index in [4.69, 9.17) is 17.3 Å². The molecule has 0 atom stereocenters. The summed E-state index contributed by atoms with van der Waals surface area (Å²) in [7, 11) is 0. The van der Waals surface area contributed by atoms with Gasteiger partial charge < -0.3 is 10.3 Å². The number of hydrogen-bond acceptors (Lipinski definition) is 3. The minimum Gasteiger partial charge on any atom is -0.367 e. The predicted molar refractivity (Wildman–Crippen MR) is 51.3 cm³/mol. The Kier molecular flexibility index (Phi) is 2.32. The first-order valence-electron chi connectivity index (χ1n) is 3.94. The molecule has 0 aliphatic heterocycles. The second-order valence-corrected chi connectivity index (χ2v) is 3.26. The number of benzene rings is 1. The van der Waals surface area contributed by atoms with Crippen LogP contribution in [0.5, 0.6) is 0 Å². The Morgan fingerprint density at radius 3 is 2.53 bits per heavy atom. The number of nitrogen functional groups attached to an aromatic ring is 1. The third kappa shape index (κ3) is 1.66. The zero-order chi connectivity index (χ0) is 11.0. The largest absolute Gasteiger partial charge is 0.367 e. The second kappa shape index (κ2) is 3.51. The molecule has 0 bridgehead atoms. The standard InChI is InChI=1S/C9H5ClF2N2O/c10-6-2-7(11)4(1-8(6)12)5-3-14-15-9(5)13/h1-3H,13H2. The number of nitrogens with two attached hydrogens (primary N) is 1. The van der Waals surface area contributed by atoms with Crippen molar-refractivity contribution in [3.8, 4) is 11.1 Å². The molecule has 6 heteroatoms. The van der Waals surface area contributed by atoms with E-state index < -0.39 is 11.6 Å². The van der Waals surface area contributed by atoms with E-state index in [1.54, 1.807) is 0 Å². The quantitative estimate of drug-likeness (QED) is 0.767. The Bertz CT molecular complexity index is 513. The zero-order valence-electron chi connectivity index (χ0n) is 7.30. The van der Waals surface area contributed by atoms with E-state index in [0.717, 1.165) is 12.1 Å². The monoisotopic (exact) mass is 230 g/mol. The molecule has 1 heterocycles. The van der Waals surface area contributed by atoms with Gasteiger partial charge >= 0.3 is 0 Å². The first-order valence-corrected chi connectivity index (χ1v) is 4.32. The minimum absolute atomic E-state index is 0.0318. The summed E-state index contributed by atoms with van der Waals surface area (Å²) >= 11 is 5.40. The van der Waals surface area contributed by atoms with Gasteiger partial charge in [-0.3, -0.25) is 0 Å². The van der Waals surface area contributed by atoms with Crippen molar-refractivity contribution in [3.63, 3.8) is 0 Å². The second-order valence-electron chi connectivity index (χ2n) is 2.85. The molecule has 2 aromatic rings. The lowest BCUT2D eigenvalue weighted by molar-refractivity contribution is 0.436. The lowest BCUT2D eigenvalue weighted by Crippen LogP contribution is -1.90. The highest BCUT2D eigenvalue weighted by Gasteiger charge is 2.15.